The zero-order chi connectivity index (χ0) is 12.7. The normalized spacial score (nSPS) is 20.1. The lowest BCUT2D eigenvalue weighted by Gasteiger charge is -2.29. The fourth-order valence-corrected chi connectivity index (χ4v) is 1.87. The highest BCUT2D eigenvalue weighted by Gasteiger charge is 2.22. The van der Waals surface area contributed by atoms with Crippen LogP contribution in [0.4, 0.5) is 0 Å². The molecule has 1 saturated heterocycles. The first-order chi connectivity index (χ1) is 8.15. The van der Waals surface area contributed by atoms with Gasteiger partial charge in [0.05, 0.1) is 19.3 Å². The molecule has 1 amide bonds. The minimum Gasteiger partial charge on any atom is -0.384 e. The minimum atomic E-state index is -0.132. The monoisotopic (exact) mass is 244 g/mol. The molecule has 0 aliphatic carbocycles. The van der Waals surface area contributed by atoms with Gasteiger partial charge >= 0.3 is 0 Å². The van der Waals surface area contributed by atoms with Gasteiger partial charge in [0.15, 0.2) is 0 Å². The van der Waals surface area contributed by atoms with Crippen molar-refractivity contribution in [2.75, 3.05) is 46.6 Å². The molecule has 2 unspecified atom stereocenters. The van der Waals surface area contributed by atoms with Crippen LogP contribution in [0, 0.1) is 5.92 Å². The molecule has 1 aliphatic rings. The summed E-state index contributed by atoms with van der Waals surface area (Å²) in [4.78, 5) is 13.9. The maximum Gasteiger partial charge on any atom is 0.239 e. The largest absolute Gasteiger partial charge is 0.384 e. The summed E-state index contributed by atoms with van der Waals surface area (Å²) >= 11 is 0. The van der Waals surface area contributed by atoms with Crippen LogP contribution in [0.15, 0.2) is 0 Å². The Morgan fingerprint density at radius 3 is 2.65 bits per heavy atom. The number of carbonyl (C=O) groups is 1. The number of hydrogen-bond donors (Lipinski definition) is 1. The molecule has 17 heavy (non-hydrogen) atoms. The first-order valence-electron chi connectivity index (χ1n) is 6.24. The molecule has 0 saturated carbocycles. The highest BCUT2D eigenvalue weighted by molar-refractivity contribution is 5.81. The fourth-order valence-electron chi connectivity index (χ4n) is 1.87. The van der Waals surface area contributed by atoms with Gasteiger partial charge < -0.3 is 19.7 Å². The molecule has 1 rings (SSSR count). The van der Waals surface area contributed by atoms with E-state index < -0.39 is 0 Å². The Kier molecular flexibility index (Phi) is 6.47. The van der Waals surface area contributed by atoms with Gasteiger partial charge in [0.25, 0.3) is 0 Å². The maximum absolute atomic E-state index is 12.0. The van der Waals surface area contributed by atoms with Gasteiger partial charge in [-0.15, -0.1) is 0 Å². The quantitative estimate of drug-likeness (QED) is 0.720. The summed E-state index contributed by atoms with van der Waals surface area (Å²) in [5.41, 5.74) is 0. The van der Waals surface area contributed by atoms with Crippen LogP contribution in [0.5, 0.6) is 0 Å². The van der Waals surface area contributed by atoms with E-state index in [1.165, 1.54) is 0 Å². The van der Waals surface area contributed by atoms with Crippen molar-refractivity contribution in [2.45, 2.75) is 19.9 Å². The van der Waals surface area contributed by atoms with Crippen LogP contribution in [-0.2, 0) is 14.3 Å². The molecular weight excluding hydrogens is 220 g/mol. The van der Waals surface area contributed by atoms with Gasteiger partial charge in [-0.25, -0.2) is 0 Å². The van der Waals surface area contributed by atoms with Crippen molar-refractivity contribution in [2.24, 2.45) is 5.92 Å². The smallest absolute Gasteiger partial charge is 0.239 e. The Labute approximate surface area is 103 Å². The van der Waals surface area contributed by atoms with Crippen LogP contribution in [0.3, 0.4) is 0 Å². The molecule has 0 aromatic carbocycles. The van der Waals surface area contributed by atoms with Gasteiger partial charge in [-0.05, 0) is 12.8 Å². The molecule has 0 spiro atoms. The van der Waals surface area contributed by atoms with E-state index in [2.05, 4.69) is 12.2 Å². The Morgan fingerprint density at radius 1 is 1.41 bits per heavy atom. The Morgan fingerprint density at radius 2 is 2.06 bits per heavy atom. The highest BCUT2D eigenvalue weighted by atomic mass is 16.5. The van der Waals surface area contributed by atoms with E-state index in [9.17, 15) is 4.79 Å². The molecule has 5 heteroatoms. The Hall–Kier alpha value is -0.650. The van der Waals surface area contributed by atoms with Crippen molar-refractivity contribution in [3.8, 4) is 0 Å². The van der Waals surface area contributed by atoms with E-state index in [4.69, 9.17) is 9.47 Å². The first kappa shape index (κ1) is 14.4. The summed E-state index contributed by atoms with van der Waals surface area (Å²) in [7, 11) is 1.69. The molecule has 0 radical (unpaired) electrons. The fraction of sp³-hybridized carbons (Fsp3) is 0.917. The molecule has 100 valence electrons. The van der Waals surface area contributed by atoms with E-state index in [-0.39, 0.29) is 11.9 Å². The first-order valence-corrected chi connectivity index (χ1v) is 6.24. The molecule has 0 bridgehead atoms. The van der Waals surface area contributed by atoms with Gasteiger partial charge in [-0.1, -0.05) is 6.92 Å². The van der Waals surface area contributed by atoms with Crippen LogP contribution in [0.2, 0.25) is 0 Å². The molecule has 1 fully saturated rings. The number of rotatable bonds is 6. The summed E-state index contributed by atoms with van der Waals surface area (Å²) in [5, 5.41) is 3.25. The van der Waals surface area contributed by atoms with Crippen molar-refractivity contribution in [1.29, 1.82) is 0 Å². The van der Waals surface area contributed by atoms with Crippen LogP contribution in [0.25, 0.3) is 0 Å². The van der Waals surface area contributed by atoms with Crippen molar-refractivity contribution >= 4 is 5.91 Å². The lowest BCUT2D eigenvalue weighted by atomic mass is 10.2. The number of amides is 1. The third-order valence-corrected chi connectivity index (χ3v) is 2.92. The average molecular weight is 244 g/mol. The second kappa shape index (κ2) is 7.63. The number of carbonyl (C=O) groups excluding carboxylic acids is 1. The molecule has 0 aromatic heterocycles. The molecule has 2 atom stereocenters. The van der Waals surface area contributed by atoms with Gasteiger partial charge in [-0.3, -0.25) is 4.79 Å². The summed E-state index contributed by atoms with van der Waals surface area (Å²) in [5.74, 6) is 0.581. The van der Waals surface area contributed by atoms with E-state index >= 15 is 0 Å². The van der Waals surface area contributed by atoms with E-state index in [1.54, 1.807) is 7.11 Å². The van der Waals surface area contributed by atoms with Crippen LogP contribution >= 0.6 is 0 Å². The molecule has 1 heterocycles. The number of nitrogens with one attached hydrogen (secondary N) is 1. The van der Waals surface area contributed by atoms with Crippen LogP contribution in [-0.4, -0.2) is 63.4 Å². The van der Waals surface area contributed by atoms with Gasteiger partial charge in [0.2, 0.25) is 5.91 Å². The lowest BCUT2D eigenvalue weighted by Crippen LogP contribution is -2.50. The second-order valence-corrected chi connectivity index (χ2v) is 4.63. The third kappa shape index (κ3) is 5.02. The molecular formula is C12H24N2O3. The highest BCUT2D eigenvalue weighted by Crippen LogP contribution is 2.01. The maximum atomic E-state index is 12.0. The zero-order valence-electron chi connectivity index (χ0n) is 11.1. The molecule has 1 aliphatic heterocycles. The molecule has 1 N–H and O–H groups in total. The van der Waals surface area contributed by atoms with Gasteiger partial charge in [0, 0.05) is 33.4 Å². The number of ether oxygens (including phenoxy) is 2. The van der Waals surface area contributed by atoms with Gasteiger partial charge in [-0.2, -0.15) is 0 Å². The predicted molar refractivity (Wildman–Crippen MR) is 65.9 cm³/mol. The van der Waals surface area contributed by atoms with E-state index in [0.717, 1.165) is 6.54 Å². The number of nitrogens with zero attached hydrogens (tertiary/aromatic N) is 1. The van der Waals surface area contributed by atoms with Crippen molar-refractivity contribution in [3.05, 3.63) is 0 Å². The minimum absolute atomic E-state index is 0.132. The molecule has 0 aromatic rings. The summed E-state index contributed by atoms with van der Waals surface area (Å²) in [6.45, 7) is 8.24. The Balaban J connectivity index is 2.25. The predicted octanol–water partition coefficient (Wildman–Crippen LogP) is 0.106. The van der Waals surface area contributed by atoms with Crippen LogP contribution < -0.4 is 5.32 Å². The zero-order valence-corrected chi connectivity index (χ0v) is 11.1. The van der Waals surface area contributed by atoms with Crippen molar-refractivity contribution in [1.82, 2.24) is 10.2 Å². The third-order valence-electron chi connectivity index (χ3n) is 2.92. The SMILES string of the molecule is COCC(C)CNC(C)C(=O)N1CCOCC1. The van der Waals surface area contributed by atoms with Crippen molar-refractivity contribution < 1.29 is 14.3 Å². The standard InChI is InChI=1S/C12H24N2O3/c1-10(9-16-3)8-13-11(2)12(15)14-4-6-17-7-5-14/h10-11,13H,4-9H2,1-3H3. The lowest BCUT2D eigenvalue weighted by molar-refractivity contribution is -0.137. The van der Waals surface area contributed by atoms with Gasteiger partial charge in [0.1, 0.15) is 0 Å². The van der Waals surface area contributed by atoms with E-state index in [1.807, 2.05) is 11.8 Å². The summed E-state index contributed by atoms with van der Waals surface area (Å²) in [6, 6.07) is -0.132. The topological polar surface area (TPSA) is 50.8 Å². The number of morpholine rings is 1. The number of hydrogen-bond acceptors (Lipinski definition) is 4. The van der Waals surface area contributed by atoms with Crippen LogP contribution in [0.1, 0.15) is 13.8 Å². The van der Waals surface area contributed by atoms with E-state index in [0.29, 0.717) is 38.8 Å². The summed E-state index contributed by atoms with van der Waals surface area (Å²) in [6.07, 6.45) is 0. The average Bonchev–Trinajstić information content (AvgIpc) is 2.36. The number of methoxy groups -OCH3 is 1. The van der Waals surface area contributed by atoms with Crippen molar-refractivity contribution in [3.63, 3.8) is 0 Å². The Bertz CT molecular complexity index is 230. The summed E-state index contributed by atoms with van der Waals surface area (Å²) < 4.78 is 10.3. The second-order valence-electron chi connectivity index (χ2n) is 4.63. The molecule has 5 nitrogen and oxygen atoms in total.